The molecular weight excluding hydrogens is 174 g/mol. The van der Waals surface area contributed by atoms with Crippen LogP contribution in [0.3, 0.4) is 0 Å². The van der Waals surface area contributed by atoms with Gasteiger partial charge >= 0.3 is 0 Å². The van der Waals surface area contributed by atoms with Crippen molar-refractivity contribution in [3.05, 3.63) is 0 Å². The standard InChI is InChI=1S/C11H21N.2H3N/c1-10(2)8-5-6-9(7-8)11(10,3)12-4;;/h8-9,12H,5-7H2,1-4H3;2*1H3. The Morgan fingerprint density at radius 2 is 1.50 bits per heavy atom. The average molecular weight is 201 g/mol. The quantitative estimate of drug-likeness (QED) is 0.610. The van der Waals surface area contributed by atoms with Gasteiger partial charge in [-0.25, -0.2) is 0 Å². The molecule has 0 spiro atoms. The van der Waals surface area contributed by atoms with E-state index < -0.39 is 0 Å². The van der Waals surface area contributed by atoms with Gasteiger partial charge in [0.15, 0.2) is 0 Å². The molecule has 0 radical (unpaired) electrons. The fourth-order valence-electron chi connectivity index (χ4n) is 3.64. The lowest BCUT2D eigenvalue weighted by Gasteiger charge is -2.47. The zero-order chi connectivity index (χ0) is 8.98. The van der Waals surface area contributed by atoms with Gasteiger partial charge in [0, 0.05) is 5.54 Å². The summed E-state index contributed by atoms with van der Waals surface area (Å²) in [6, 6.07) is 0. The fourth-order valence-corrected chi connectivity index (χ4v) is 3.64. The van der Waals surface area contributed by atoms with Crippen LogP contribution in [0.2, 0.25) is 0 Å². The third-order valence-electron chi connectivity index (χ3n) is 5.13. The van der Waals surface area contributed by atoms with Gasteiger partial charge in [0.2, 0.25) is 0 Å². The van der Waals surface area contributed by atoms with Crippen LogP contribution in [0.4, 0.5) is 0 Å². The number of nitrogens with one attached hydrogen (secondary N) is 1. The second kappa shape index (κ2) is 3.80. The molecule has 2 fully saturated rings. The molecular formula is C11H27N3. The Balaban J connectivity index is 0.000000845. The highest BCUT2D eigenvalue weighted by molar-refractivity contribution is 5.13. The fraction of sp³-hybridized carbons (Fsp3) is 1.00. The number of hydrogen-bond acceptors (Lipinski definition) is 3. The summed E-state index contributed by atoms with van der Waals surface area (Å²) in [5.74, 6) is 1.91. The topological polar surface area (TPSA) is 82.0 Å². The largest absolute Gasteiger partial charge is 0.344 e. The molecule has 2 aliphatic carbocycles. The van der Waals surface area contributed by atoms with Crippen LogP contribution in [-0.2, 0) is 0 Å². The third-order valence-corrected chi connectivity index (χ3v) is 5.13. The summed E-state index contributed by atoms with van der Waals surface area (Å²) in [6.07, 6.45) is 4.38. The summed E-state index contributed by atoms with van der Waals surface area (Å²) < 4.78 is 0. The SMILES string of the molecule is CNC1(C)C2CCC(C2)C1(C)C.N.N. The zero-order valence-corrected chi connectivity index (χ0v) is 10.2. The van der Waals surface area contributed by atoms with E-state index in [1.54, 1.807) is 0 Å². The van der Waals surface area contributed by atoms with Gasteiger partial charge in [-0.1, -0.05) is 13.8 Å². The molecule has 86 valence electrons. The maximum atomic E-state index is 3.56. The number of fused-ring (bicyclic) bond motifs is 2. The maximum absolute atomic E-state index is 3.56. The summed E-state index contributed by atoms with van der Waals surface area (Å²) in [4.78, 5) is 0. The maximum Gasteiger partial charge on any atom is 0.0232 e. The first kappa shape index (κ1) is 13.9. The van der Waals surface area contributed by atoms with E-state index >= 15 is 0 Å². The Bertz CT molecular complexity index is 203. The Hall–Kier alpha value is -0.120. The normalized spacial score (nSPS) is 42.9. The van der Waals surface area contributed by atoms with Crippen LogP contribution >= 0.6 is 0 Å². The zero-order valence-electron chi connectivity index (χ0n) is 10.2. The van der Waals surface area contributed by atoms with Crippen molar-refractivity contribution in [2.75, 3.05) is 7.05 Å². The predicted octanol–water partition coefficient (Wildman–Crippen LogP) is 2.74. The van der Waals surface area contributed by atoms with Gasteiger partial charge in [-0.2, -0.15) is 0 Å². The first-order valence-corrected chi connectivity index (χ1v) is 5.21. The van der Waals surface area contributed by atoms with Crippen molar-refractivity contribution in [1.82, 2.24) is 17.6 Å². The highest BCUT2D eigenvalue weighted by Crippen LogP contribution is 2.60. The van der Waals surface area contributed by atoms with Crippen molar-refractivity contribution >= 4 is 0 Å². The molecule has 0 aliphatic heterocycles. The lowest BCUT2D eigenvalue weighted by atomic mass is 9.64. The Kier molecular flexibility index (Phi) is 3.76. The Morgan fingerprint density at radius 1 is 1.00 bits per heavy atom. The Labute approximate surface area is 88.2 Å². The van der Waals surface area contributed by atoms with Crippen LogP contribution in [-0.4, -0.2) is 12.6 Å². The molecule has 2 bridgehead atoms. The van der Waals surface area contributed by atoms with Gasteiger partial charge < -0.3 is 17.6 Å². The van der Waals surface area contributed by atoms with Gasteiger partial charge in [-0.05, 0) is 50.5 Å². The molecule has 0 heterocycles. The van der Waals surface area contributed by atoms with E-state index in [1.807, 2.05) is 0 Å². The van der Waals surface area contributed by atoms with Gasteiger partial charge in [-0.15, -0.1) is 0 Å². The van der Waals surface area contributed by atoms with Gasteiger partial charge in [0.25, 0.3) is 0 Å². The molecule has 0 saturated heterocycles. The molecule has 0 amide bonds. The summed E-state index contributed by atoms with van der Waals surface area (Å²) in [6.45, 7) is 7.29. The van der Waals surface area contributed by atoms with Crippen molar-refractivity contribution in [2.45, 2.75) is 45.6 Å². The van der Waals surface area contributed by atoms with Crippen LogP contribution in [0, 0.1) is 17.3 Å². The molecule has 7 N–H and O–H groups in total. The van der Waals surface area contributed by atoms with E-state index in [1.165, 1.54) is 19.3 Å². The number of hydrogen-bond donors (Lipinski definition) is 3. The molecule has 3 heteroatoms. The summed E-state index contributed by atoms with van der Waals surface area (Å²) in [5.41, 5.74) is 0.903. The Morgan fingerprint density at radius 3 is 1.79 bits per heavy atom. The van der Waals surface area contributed by atoms with Crippen molar-refractivity contribution in [1.29, 1.82) is 0 Å². The minimum absolute atomic E-state index is 0. The monoisotopic (exact) mass is 201 g/mol. The molecule has 0 aromatic heterocycles. The van der Waals surface area contributed by atoms with Gasteiger partial charge in [0.1, 0.15) is 0 Å². The summed E-state index contributed by atoms with van der Waals surface area (Å²) >= 11 is 0. The van der Waals surface area contributed by atoms with Gasteiger partial charge in [0.05, 0.1) is 0 Å². The highest BCUT2D eigenvalue weighted by atomic mass is 15.0. The second-order valence-electron chi connectivity index (χ2n) is 5.38. The van der Waals surface area contributed by atoms with E-state index in [0.29, 0.717) is 11.0 Å². The van der Waals surface area contributed by atoms with Crippen molar-refractivity contribution in [2.24, 2.45) is 17.3 Å². The molecule has 0 aromatic carbocycles. The first-order valence-electron chi connectivity index (χ1n) is 5.21. The molecule has 2 rings (SSSR count). The first-order chi connectivity index (χ1) is 5.52. The van der Waals surface area contributed by atoms with Crippen LogP contribution < -0.4 is 17.6 Å². The summed E-state index contributed by atoms with van der Waals surface area (Å²) in [5, 5.41) is 3.56. The lowest BCUT2D eigenvalue weighted by molar-refractivity contribution is 0.0732. The molecule has 3 unspecified atom stereocenters. The molecule has 3 atom stereocenters. The molecule has 14 heavy (non-hydrogen) atoms. The lowest BCUT2D eigenvalue weighted by Crippen LogP contribution is -2.55. The van der Waals surface area contributed by atoms with Gasteiger partial charge in [-0.3, -0.25) is 0 Å². The highest BCUT2D eigenvalue weighted by Gasteiger charge is 2.59. The molecule has 2 saturated carbocycles. The van der Waals surface area contributed by atoms with E-state index in [2.05, 4.69) is 33.1 Å². The van der Waals surface area contributed by atoms with Crippen LogP contribution in [0.1, 0.15) is 40.0 Å². The van der Waals surface area contributed by atoms with Crippen LogP contribution in [0.25, 0.3) is 0 Å². The average Bonchev–Trinajstić information content (AvgIpc) is 2.55. The van der Waals surface area contributed by atoms with Crippen LogP contribution in [0.15, 0.2) is 0 Å². The van der Waals surface area contributed by atoms with Crippen molar-refractivity contribution in [3.8, 4) is 0 Å². The smallest absolute Gasteiger partial charge is 0.0232 e. The van der Waals surface area contributed by atoms with E-state index in [9.17, 15) is 0 Å². The van der Waals surface area contributed by atoms with E-state index in [-0.39, 0.29) is 12.3 Å². The third kappa shape index (κ3) is 1.30. The molecule has 3 nitrogen and oxygen atoms in total. The van der Waals surface area contributed by atoms with Crippen LogP contribution in [0.5, 0.6) is 0 Å². The predicted molar refractivity (Wildman–Crippen MR) is 62.1 cm³/mol. The summed E-state index contributed by atoms with van der Waals surface area (Å²) in [7, 11) is 2.13. The van der Waals surface area contributed by atoms with E-state index in [0.717, 1.165) is 11.8 Å². The molecule has 0 aromatic rings. The van der Waals surface area contributed by atoms with Crippen molar-refractivity contribution < 1.29 is 0 Å². The molecule has 2 aliphatic rings. The number of rotatable bonds is 1. The second-order valence-corrected chi connectivity index (χ2v) is 5.38. The van der Waals surface area contributed by atoms with Crippen molar-refractivity contribution in [3.63, 3.8) is 0 Å². The van der Waals surface area contributed by atoms with E-state index in [4.69, 9.17) is 0 Å². The minimum Gasteiger partial charge on any atom is -0.344 e. The minimum atomic E-state index is 0.